The summed E-state index contributed by atoms with van der Waals surface area (Å²) in [6.45, 7) is 4.71. The first-order chi connectivity index (χ1) is 15.0. The van der Waals surface area contributed by atoms with Crippen molar-refractivity contribution < 1.29 is 13.2 Å². The number of anilines is 1. The van der Waals surface area contributed by atoms with Crippen molar-refractivity contribution in [1.82, 2.24) is 9.29 Å². The predicted molar refractivity (Wildman–Crippen MR) is 125 cm³/mol. The molecule has 2 aromatic carbocycles. The van der Waals surface area contributed by atoms with Crippen LogP contribution in [0.5, 0.6) is 5.75 Å². The second-order valence-electron chi connectivity index (χ2n) is 7.22. The van der Waals surface area contributed by atoms with Gasteiger partial charge in [0.05, 0.1) is 17.2 Å². The van der Waals surface area contributed by atoms with Gasteiger partial charge in [-0.25, -0.2) is 13.4 Å². The third kappa shape index (κ3) is 5.20. The number of hydrogen-bond donors (Lipinski definition) is 0. The van der Waals surface area contributed by atoms with Gasteiger partial charge in [0.1, 0.15) is 5.75 Å². The van der Waals surface area contributed by atoms with E-state index in [9.17, 15) is 8.42 Å². The number of ether oxygens (including phenoxy) is 1. The van der Waals surface area contributed by atoms with E-state index in [-0.39, 0.29) is 4.90 Å². The Bertz CT molecular complexity index is 1110. The molecule has 9 heteroatoms. The SMILES string of the molecule is CCOc1ccc(Cc2csc(N3CCN(S(=O)(=O)c4ccc(Cl)cc4)CC3)n2)cc1. The van der Waals surface area contributed by atoms with Crippen molar-refractivity contribution in [3.05, 3.63) is 70.2 Å². The minimum Gasteiger partial charge on any atom is -0.494 e. The minimum atomic E-state index is -3.51. The van der Waals surface area contributed by atoms with Gasteiger partial charge in [0.15, 0.2) is 5.13 Å². The number of hydrogen-bond acceptors (Lipinski definition) is 6. The smallest absolute Gasteiger partial charge is 0.243 e. The number of rotatable bonds is 7. The third-order valence-corrected chi connectivity index (χ3v) is 8.23. The highest BCUT2D eigenvalue weighted by molar-refractivity contribution is 7.89. The molecule has 3 aromatic rings. The van der Waals surface area contributed by atoms with Crippen molar-refractivity contribution in [2.75, 3.05) is 37.7 Å². The second kappa shape index (κ2) is 9.56. The van der Waals surface area contributed by atoms with Gasteiger partial charge in [0.25, 0.3) is 0 Å². The van der Waals surface area contributed by atoms with Gasteiger partial charge < -0.3 is 9.64 Å². The number of benzene rings is 2. The molecular weight excluding hydrogens is 454 g/mol. The largest absolute Gasteiger partial charge is 0.494 e. The number of nitrogens with zero attached hydrogens (tertiary/aromatic N) is 3. The monoisotopic (exact) mass is 477 g/mol. The first-order valence-electron chi connectivity index (χ1n) is 10.1. The van der Waals surface area contributed by atoms with Crippen LogP contribution in [0.4, 0.5) is 5.13 Å². The van der Waals surface area contributed by atoms with Gasteiger partial charge in [-0.05, 0) is 48.9 Å². The van der Waals surface area contributed by atoms with Crippen LogP contribution in [-0.4, -0.2) is 50.5 Å². The lowest BCUT2D eigenvalue weighted by atomic mass is 10.1. The molecule has 0 aliphatic carbocycles. The van der Waals surface area contributed by atoms with Crippen molar-refractivity contribution in [1.29, 1.82) is 0 Å². The summed E-state index contributed by atoms with van der Waals surface area (Å²) in [4.78, 5) is 7.20. The Balaban J connectivity index is 1.36. The summed E-state index contributed by atoms with van der Waals surface area (Å²) in [6, 6.07) is 14.4. The first-order valence-corrected chi connectivity index (χ1v) is 12.8. The molecule has 0 spiro atoms. The molecule has 0 unspecified atom stereocenters. The van der Waals surface area contributed by atoms with Gasteiger partial charge in [-0.3, -0.25) is 0 Å². The molecular formula is C22H24ClN3O3S2. The average molecular weight is 478 g/mol. The fraction of sp³-hybridized carbons (Fsp3) is 0.318. The highest BCUT2D eigenvalue weighted by atomic mass is 35.5. The van der Waals surface area contributed by atoms with Gasteiger partial charge in [-0.15, -0.1) is 11.3 Å². The predicted octanol–water partition coefficient (Wildman–Crippen LogP) is 4.30. The molecule has 1 aliphatic heterocycles. The van der Waals surface area contributed by atoms with Crippen LogP contribution in [0.25, 0.3) is 0 Å². The Kier molecular flexibility index (Phi) is 6.81. The summed E-state index contributed by atoms with van der Waals surface area (Å²) in [6.07, 6.45) is 0.758. The Morgan fingerprint density at radius 1 is 1.03 bits per heavy atom. The van der Waals surface area contributed by atoms with E-state index < -0.39 is 10.0 Å². The fourth-order valence-electron chi connectivity index (χ4n) is 3.48. The van der Waals surface area contributed by atoms with Crippen LogP contribution in [-0.2, 0) is 16.4 Å². The molecule has 0 amide bonds. The maximum atomic E-state index is 12.9. The number of piperazine rings is 1. The molecule has 1 fully saturated rings. The molecule has 1 aromatic heterocycles. The number of sulfonamides is 1. The normalized spacial score (nSPS) is 15.2. The van der Waals surface area contributed by atoms with Crippen LogP contribution < -0.4 is 9.64 Å². The molecule has 0 radical (unpaired) electrons. The van der Waals surface area contributed by atoms with E-state index in [1.807, 2.05) is 19.1 Å². The maximum Gasteiger partial charge on any atom is 0.243 e. The standard InChI is InChI=1S/C22H24ClN3O3S2/c1-2-29-20-7-3-17(4-8-20)15-19-16-30-22(24-19)25-11-13-26(14-12-25)31(27,28)21-9-5-18(23)6-10-21/h3-10,16H,2,11-15H2,1H3. The summed E-state index contributed by atoms with van der Waals surface area (Å²) >= 11 is 7.48. The molecule has 0 saturated carbocycles. The third-order valence-electron chi connectivity index (χ3n) is 5.12. The van der Waals surface area contributed by atoms with Crippen LogP contribution in [0, 0.1) is 0 Å². The molecule has 164 valence electrons. The fourth-order valence-corrected chi connectivity index (χ4v) is 5.90. The topological polar surface area (TPSA) is 62.7 Å². The molecule has 0 atom stereocenters. The zero-order valence-corrected chi connectivity index (χ0v) is 19.6. The second-order valence-corrected chi connectivity index (χ2v) is 10.4. The van der Waals surface area contributed by atoms with Gasteiger partial charge in [-0.2, -0.15) is 4.31 Å². The van der Waals surface area contributed by atoms with Crippen LogP contribution in [0.1, 0.15) is 18.2 Å². The van der Waals surface area contributed by atoms with E-state index in [1.54, 1.807) is 35.6 Å². The van der Waals surface area contributed by atoms with Crippen LogP contribution in [0.2, 0.25) is 5.02 Å². The summed E-state index contributed by atoms with van der Waals surface area (Å²) in [5.41, 5.74) is 2.19. The Labute approximate surface area is 192 Å². The molecule has 4 rings (SSSR count). The maximum absolute atomic E-state index is 12.9. The zero-order valence-electron chi connectivity index (χ0n) is 17.2. The first kappa shape index (κ1) is 22.1. The summed E-state index contributed by atoms with van der Waals surface area (Å²) in [5, 5.41) is 3.53. The van der Waals surface area contributed by atoms with Crippen molar-refractivity contribution in [2.45, 2.75) is 18.2 Å². The van der Waals surface area contributed by atoms with E-state index in [0.717, 1.165) is 23.0 Å². The van der Waals surface area contributed by atoms with Crippen LogP contribution in [0.15, 0.2) is 58.8 Å². The highest BCUT2D eigenvalue weighted by Crippen LogP contribution is 2.26. The Hall–Kier alpha value is -2.13. The molecule has 6 nitrogen and oxygen atoms in total. The lowest BCUT2D eigenvalue weighted by Gasteiger charge is -2.33. The van der Waals surface area contributed by atoms with Crippen molar-refractivity contribution in [3.8, 4) is 5.75 Å². The lowest BCUT2D eigenvalue weighted by molar-refractivity contribution is 0.340. The van der Waals surface area contributed by atoms with Gasteiger partial charge in [-0.1, -0.05) is 23.7 Å². The average Bonchev–Trinajstić information content (AvgIpc) is 3.24. The van der Waals surface area contributed by atoms with Gasteiger partial charge in [0, 0.05) is 43.0 Å². The molecule has 31 heavy (non-hydrogen) atoms. The zero-order chi connectivity index (χ0) is 21.8. The van der Waals surface area contributed by atoms with E-state index in [4.69, 9.17) is 21.3 Å². The molecule has 2 heterocycles. The van der Waals surface area contributed by atoms with Gasteiger partial charge >= 0.3 is 0 Å². The van der Waals surface area contributed by atoms with Gasteiger partial charge in [0.2, 0.25) is 10.0 Å². The quantitative estimate of drug-likeness (QED) is 0.507. The highest BCUT2D eigenvalue weighted by Gasteiger charge is 2.29. The number of thiazole rings is 1. The van der Waals surface area contributed by atoms with Crippen LogP contribution in [0.3, 0.4) is 0 Å². The number of halogens is 1. The van der Waals surface area contributed by atoms with E-state index in [1.165, 1.54) is 9.87 Å². The van der Waals surface area contributed by atoms with Crippen molar-refractivity contribution in [3.63, 3.8) is 0 Å². The van der Waals surface area contributed by atoms with E-state index >= 15 is 0 Å². The summed E-state index contributed by atoms with van der Waals surface area (Å²) in [5.74, 6) is 0.872. The summed E-state index contributed by atoms with van der Waals surface area (Å²) in [7, 11) is -3.51. The summed E-state index contributed by atoms with van der Waals surface area (Å²) < 4.78 is 32.7. The lowest BCUT2D eigenvalue weighted by Crippen LogP contribution is -2.48. The van der Waals surface area contributed by atoms with Crippen molar-refractivity contribution >= 4 is 38.1 Å². The molecule has 1 saturated heterocycles. The van der Waals surface area contributed by atoms with Crippen molar-refractivity contribution in [2.24, 2.45) is 0 Å². The van der Waals surface area contributed by atoms with E-state index in [2.05, 4.69) is 22.4 Å². The van der Waals surface area contributed by atoms with E-state index in [0.29, 0.717) is 37.8 Å². The molecule has 0 N–H and O–H groups in total. The molecule has 0 bridgehead atoms. The molecule has 1 aliphatic rings. The van der Waals surface area contributed by atoms with Crippen LogP contribution >= 0.6 is 22.9 Å². The Morgan fingerprint density at radius 3 is 2.35 bits per heavy atom. The Morgan fingerprint density at radius 2 is 1.71 bits per heavy atom. The number of aromatic nitrogens is 1. The minimum absolute atomic E-state index is 0.275.